The lowest BCUT2D eigenvalue weighted by atomic mass is 9.96. The van der Waals surface area contributed by atoms with Gasteiger partial charge in [-0.05, 0) is 0 Å². The summed E-state index contributed by atoms with van der Waals surface area (Å²) in [6, 6.07) is -1.17. The van der Waals surface area contributed by atoms with Gasteiger partial charge in [0.25, 0.3) is 0 Å². The first-order valence-corrected chi connectivity index (χ1v) is 10.7. The quantitative estimate of drug-likeness (QED) is 0.187. The van der Waals surface area contributed by atoms with Crippen molar-refractivity contribution in [3.63, 3.8) is 0 Å². The molecule has 2 amide bonds. The summed E-state index contributed by atoms with van der Waals surface area (Å²) in [5.41, 5.74) is 0. The molecule has 13 nitrogen and oxygen atoms in total. The number of nitrogens with one attached hydrogen (secondary N) is 2. The van der Waals surface area contributed by atoms with Crippen LogP contribution in [0.25, 0.3) is 0 Å². The number of amides is 2. The monoisotopic (exact) mass is 530 g/mol. The van der Waals surface area contributed by atoms with Gasteiger partial charge in [-0.2, -0.15) is 13.2 Å². The van der Waals surface area contributed by atoms with E-state index in [1.165, 1.54) is 6.92 Å². The summed E-state index contributed by atoms with van der Waals surface area (Å²) in [5, 5.41) is 4.14. The van der Waals surface area contributed by atoms with Gasteiger partial charge in [0, 0.05) is 34.2 Å². The lowest BCUT2D eigenvalue weighted by molar-refractivity contribution is -0.279. The van der Waals surface area contributed by atoms with Crippen molar-refractivity contribution >= 4 is 29.7 Å². The molecule has 0 aromatic heterocycles. The maximum atomic E-state index is 12.1. The normalized spacial score (nSPS) is 23.8. The average molecular weight is 530 g/mol. The predicted molar refractivity (Wildman–Crippen MR) is 110 cm³/mol. The van der Waals surface area contributed by atoms with E-state index in [9.17, 15) is 37.1 Å². The van der Waals surface area contributed by atoms with Gasteiger partial charge >= 0.3 is 30.0 Å². The number of hydrogen-bond acceptors (Lipinski definition) is 11. The average Bonchev–Trinajstić information content (AvgIpc) is 2.73. The van der Waals surface area contributed by atoms with Crippen LogP contribution in [-0.2, 0) is 52.4 Å². The second-order valence-corrected chi connectivity index (χ2v) is 7.46. The minimum Gasteiger partial charge on any atom is -0.463 e. The molecule has 0 aromatic rings. The first kappa shape index (κ1) is 31.1. The number of halogens is 3. The Morgan fingerprint density at radius 3 is 2.00 bits per heavy atom. The predicted octanol–water partition coefficient (Wildman–Crippen LogP) is -0.646. The summed E-state index contributed by atoms with van der Waals surface area (Å²) < 4.78 is 68.4. The van der Waals surface area contributed by atoms with Crippen LogP contribution < -0.4 is 10.6 Å². The van der Waals surface area contributed by atoms with Gasteiger partial charge < -0.3 is 39.1 Å². The van der Waals surface area contributed by atoms with Crippen molar-refractivity contribution < 1.29 is 65.6 Å². The fourth-order valence-corrected chi connectivity index (χ4v) is 3.10. The van der Waals surface area contributed by atoms with E-state index in [0.717, 1.165) is 20.8 Å². The van der Waals surface area contributed by atoms with Crippen molar-refractivity contribution in [1.29, 1.82) is 0 Å². The van der Waals surface area contributed by atoms with Crippen LogP contribution in [0.5, 0.6) is 0 Å². The van der Waals surface area contributed by atoms with Crippen LogP contribution in [0.2, 0.25) is 0 Å². The molecule has 0 aliphatic carbocycles. The Morgan fingerprint density at radius 1 is 0.861 bits per heavy atom. The molecule has 0 saturated carbocycles. The molecule has 5 unspecified atom stereocenters. The fourth-order valence-electron chi connectivity index (χ4n) is 3.10. The standard InChI is InChI=1S/C20H29F3N2O11/c1-10(26)25-15-17(35-13(4)29)16(34-12(3)28)14(9-33-11(2)27)36-18(15)32-8-7-31-6-5-24-19(30)20(21,22)23/h14-18H,5-9H2,1-4H3,(H,24,30)(H,25,26). The number of carbonyl (C=O) groups is 5. The second-order valence-electron chi connectivity index (χ2n) is 7.46. The number of hydrogen-bond donors (Lipinski definition) is 2. The first-order chi connectivity index (χ1) is 16.7. The van der Waals surface area contributed by atoms with Crippen LogP contribution in [0, 0.1) is 0 Å². The molecule has 5 atom stereocenters. The molecular formula is C20H29F3N2O11. The Bertz CT molecular complexity index is 793. The zero-order valence-corrected chi connectivity index (χ0v) is 20.0. The molecule has 1 heterocycles. The van der Waals surface area contributed by atoms with E-state index in [1.807, 2.05) is 0 Å². The molecule has 1 saturated heterocycles. The summed E-state index contributed by atoms with van der Waals surface area (Å²) in [6.07, 6.45) is -10.1. The van der Waals surface area contributed by atoms with Crippen molar-refractivity contribution in [1.82, 2.24) is 10.6 Å². The molecule has 36 heavy (non-hydrogen) atoms. The first-order valence-electron chi connectivity index (χ1n) is 10.7. The largest absolute Gasteiger partial charge is 0.471 e. The summed E-state index contributed by atoms with van der Waals surface area (Å²) in [6.45, 7) is 3.05. The lowest BCUT2D eigenvalue weighted by Gasteiger charge is -2.44. The molecule has 206 valence electrons. The van der Waals surface area contributed by atoms with Crippen LogP contribution >= 0.6 is 0 Å². The number of carbonyl (C=O) groups excluding carboxylic acids is 5. The van der Waals surface area contributed by atoms with Crippen LogP contribution in [0.15, 0.2) is 0 Å². The highest BCUT2D eigenvalue weighted by atomic mass is 19.4. The van der Waals surface area contributed by atoms with Crippen LogP contribution in [0.4, 0.5) is 13.2 Å². The number of alkyl halides is 3. The molecule has 2 N–H and O–H groups in total. The highest BCUT2D eigenvalue weighted by molar-refractivity contribution is 5.81. The van der Waals surface area contributed by atoms with Crippen molar-refractivity contribution in [2.75, 3.05) is 33.0 Å². The van der Waals surface area contributed by atoms with Gasteiger partial charge in [0.2, 0.25) is 5.91 Å². The Labute approximate surface area is 204 Å². The van der Waals surface area contributed by atoms with Gasteiger partial charge in [-0.15, -0.1) is 0 Å². The summed E-state index contributed by atoms with van der Waals surface area (Å²) in [7, 11) is 0. The van der Waals surface area contributed by atoms with Gasteiger partial charge in [0.05, 0.1) is 19.8 Å². The minimum atomic E-state index is -5.01. The van der Waals surface area contributed by atoms with Gasteiger partial charge in [-0.1, -0.05) is 0 Å². The van der Waals surface area contributed by atoms with Crippen molar-refractivity contribution in [3.05, 3.63) is 0 Å². The maximum absolute atomic E-state index is 12.1. The number of ether oxygens (including phenoxy) is 6. The fraction of sp³-hybridized carbons (Fsp3) is 0.750. The van der Waals surface area contributed by atoms with E-state index in [1.54, 1.807) is 5.32 Å². The molecule has 16 heteroatoms. The van der Waals surface area contributed by atoms with Crippen molar-refractivity contribution in [2.45, 2.75) is 64.5 Å². The Kier molecular flexibility index (Phi) is 12.5. The number of esters is 3. The Hall–Kier alpha value is -2.98. The van der Waals surface area contributed by atoms with Gasteiger partial charge in [-0.25, -0.2) is 0 Å². The van der Waals surface area contributed by atoms with Crippen molar-refractivity contribution in [3.8, 4) is 0 Å². The van der Waals surface area contributed by atoms with E-state index in [2.05, 4.69) is 5.32 Å². The van der Waals surface area contributed by atoms with E-state index >= 15 is 0 Å². The van der Waals surface area contributed by atoms with Crippen LogP contribution in [0.1, 0.15) is 27.7 Å². The minimum absolute atomic E-state index is 0.158. The third kappa shape index (κ3) is 11.2. The molecule has 0 bridgehead atoms. The van der Waals surface area contributed by atoms with E-state index in [-0.39, 0.29) is 19.8 Å². The van der Waals surface area contributed by atoms with Gasteiger partial charge in [-0.3, -0.25) is 24.0 Å². The van der Waals surface area contributed by atoms with Crippen LogP contribution in [0.3, 0.4) is 0 Å². The van der Waals surface area contributed by atoms with Gasteiger partial charge in [0.15, 0.2) is 18.5 Å². The smallest absolute Gasteiger partial charge is 0.463 e. The van der Waals surface area contributed by atoms with E-state index in [0.29, 0.717) is 0 Å². The van der Waals surface area contributed by atoms with Gasteiger partial charge in [0.1, 0.15) is 18.8 Å². The molecule has 0 spiro atoms. The summed E-state index contributed by atoms with van der Waals surface area (Å²) in [4.78, 5) is 57.3. The Morgan fingerprint density at radius 2 is 1.47 bits per heavy atom. The molecule has 0 aromatic carbocycles. The van der Waals surface area contributed by atoms with Crippen molar-refractivity contribution in [2.24, 2.45) is 0 Å². The summed E-state index contributed by atoms with van der Waals surface area (Å²) >= 11 is 0. The molecule has 1 rings (SSSR count). The second kappa shape index (κ2) is 14.5. The molecule has 1 aliphatic rings. The highest BCUT2D eigenvalue weighted by Gasteiger charge is 2.51. The Balaban J connectivity index is 2.89. The third-order valence-electron chi connectivity index (χ3n) is 4.37. The van der Waals surface area contributed by atoms with E-state index in [4.69, 9.17) is 28.4 Å². The highest BCUT2D eigenvalue weighted by Crippen LogP contribution is 2.28. The molecular weight excluding hydrogens is 501 g/mol. The third-order valence-corrected chi connectivity index (χ3v) is 4.37. The lowest BCUT2D eigenvalue weighted by Crippen LogP contribution is -2.66. The SMILES string of the molecule is CC(=O)NC1C(OCCOCCNC(=O)C(F)(F)F)OC(COC(C)=O)C(OC(C)=O)C1OC(C)=O. The zero-order chi connectivity index (χ0) is 27.5. The zero-order valence-electron chi connectivity index (χ0n) is 20.0. The molecule has 1 aliphatic heterocycles. The maximum Gasteiger partial charge on any atom is 0.471 e. The number of rotatable bonds is 12. The molecule has 0 radical (unpaired) electrons. The topological polar surface area (TPSA) is 165 Å². The van der Waals surface area contributed by atoms with E-state index < -0.39 is 79.7 Å². The van der Waals surface area contributed by atoms with Crippen LogP contribution in [-0.4, -0.2) is 99.5 Å². The summed E-state index contributed by atoms with van der Waals surface area (Å²) in [5.74, 6) is -4.87. The molecule has 1 fully saturated rings.